The number of unbranched alkanes of at least 4 members (excludes halogenated alkanes) is 11. The first-order valence-corrected chi connectivity index (χ1v) is 10.00. The van der Waals surface area contributed by atoms with Crippen LogP contribution in [0.2, 0.25) is 0 Å². The summed E-state index contributed by atoms with van der Waals surface area (Å²) in [5, 5.41) is 0. The van der Waals surface area contributed by atoms with Gasteiger partial charge in [-0.15, -0.1) is 0 Å². The number of esters is 1. The summed E-state index contributed by atoms with van der Waals surface area (Å²) in [4.78, 5) is 11.6. The Morgan fingerprint density at radius 2 is 1.14 bits per heavy atom. The van der Waals surface area contributed by atoms with Crippen LogP contribution in [-0.2, 0) is 9.53 Å². The molecule has 0 amide bonds. The van der Waals surface area contributed by atoms with Crippen LogP contribution >= 0.6 is 0 Å². The van der Waals surface area contributed by atoms with E-state index in [0.717, 1.165) is 12.8 Å². The summed E-state index contributed by atoms with van der Waals surface area (Å²) in [6.07, 6.45) is 19.6. The molecule has 2 heteroatoms. The predicted octanol–water partition coefficient (Wildman–Crippen LogP) is 6.42. The number of hydrogen-bond donors (Lipinski definition) is 0. The van der Waals surface area contributed by atoms with Crippen LogP contribution < -0.4 is 0 Å². The Hall–Kier alpha value is -0.530. The van der Waals surface area contributed by atoms with Crippen molar-refractivity contribution in [2.75, 3.05) is 0 Å². The molecule has 130 valence electrons. The van der Waals surface area contributed by atoms with E-state index in [0.29, 0.717) is 0 Å². The zero-order valence-electron chi connectivity index (χ0n) is 15.1. The van der Waals surface area contributed by atoms with Gasteiger partial charge in [0.2, 0.25) is 0 Å². The lowest BCUT2D eigenvalue weighted by Gasteiger charge is -2.35. The maximum atomic E-state index is 11.6. The van der Waals surface area contributed by atoms with Crippen molar-refractivity contribution in [2.24, 2.45) is 5.92 Å². The first-order valence-electron chi connectivity index (χ1n) is 10.00. The third-order valence-electron chi connectivity index (χ3n) is 4.98. The molecule has 2 nitrogen and oxygen atoms in total. The van der Waals surface area contributed by atoms with Crippen LogP contribution in [-0.4, -0.2) is 12.1 Å². The van der Waals surface area contributed by atoms with E-state index >= 15 is 0 Å². The van der Waals surface area contributed by atoms with Crippen molar-refractivity contribution < 1.29 is 9.53 Å². The second kappa shape index (κ2) is 13.0. The molecular formula is C20H38O2. The van der Waals surface area contributed by atoms with Gasteiger partial charge in [-0.3, -0.25) is 4.79 Å². The molecule has 0 aromatic carbocycles. The second-order valence-corrected chi connectivity index (χ2v) is 7.05. The summed E-state index contributed by atoms with van der Waals surface area (Å²) in [7, 11) is 0. The standard InChI is InChI=1S/C20H38O2/c1-3-5-7-9-11-13-15-17-19-18(20(21)22-19)16-14-12-10-8-6-4-2/h18-19H,3-17H2,1-2H3/t18-,19+/m0/s1. The van der Waals surface area contributed by atoms with Crippen LogP contribution in [0.1, 0.15) is 110 Å². The number of rotatable bonds is 15. The highest BCUT2D eigenvalue weighted by Crippen LogP contribution is 2.31. The normalized spacial score (nSPS) is 20.7. The van der Waals surface area contributed by atoms with E-state index in [2.05, 4.69) is 13.8 Å². The molecule has 0 spiro atoms. The fourth-order valence-electron chi connectivity index (χ4n) is 3.41. The quantitative estimate of drug-likeness (QED) is 0.258. The van der Waals surface area contributed by atoms with Crippen molar-refractivity contribution in [1.29, 1.82) is 0 Å². The predicted molar refractivity (Wildman–Crippen MR) is 94.0 cm³/mol. The van der Waals surface area contributed by atoms with Gasteiger partial charge in [-0.2, -0.15) is 0 Å². The number of ether oxygens (including phenoxy) is 1. The van der Waals surface area contributed by atoms with Crippen LogP contribution in [0.15, 0.2) is 0 Å². The molecule has 1 saturated heterocycles. The van der Waals surface area contributed by atoms with E-state index in [9.17, 15) is 4.79 Å². The smallest absolute Gasteiger partial charge is 0.313 e. The van der Waals surface area contributed by atoms with Crippen molar-refractivity contribution in [3.05, 3.63) is 0 Å². The Balaban J connectivity index is 1.96. The molecule has 0 radical (unpaired) electrons. The van der Waals surface area contributed by atoms with Crippen molar-refractivity contribution in [3.63, 3.8) is 0 Å². The molecule has 1 fully saturated rings. The van der Waals surface area contributed by atoms with Crippen molar-refractivity contribution in [2.45, 2.75) is 116 Å². The van der Waals surface area contributed by atoms with Crippen LogP contribution in [0.5, 0.6) is 0 Å². The molecule has 1 aliphatic rings. The Bertz CT molecular complexity index is 275. The molecule has 0 N–H and O–H groups in total. The molecule has 2 atom stereocenters. The van der Waals surface area contributed by atoms with Crippen LogP contribution in [0, 0.1) is 5.92 Å². The SMILES string of the molecule is CCCCCCCCC[C@H]1OC(=O)[C@H]1CCCCCCCC. The summed E-state index contributed by atoms with van der Waals surface area (Å²) in [6, 6.07) is 0. The number of cyclic esters (lactones) is 1. The Morgan fingerprint density at radius 1 is 0.682 bits per heavy atom. The first-order chi connectivity index (χ1) is 10.8. The Kier molecular flexibility index (Phi) is 11.5. The van der Waals surface area contributed by atoms with E-state index < -0.39 is 0 Å². The molecule has 0 aromatic rings. The van der Waals surface area contributed by atoms with E-state index in [1.54, 1.807) is 0 Å². The Morgan fingerprint density at radius 3 is 1.64 bits per heavy atom. The van der Waals surface area contributed by atoms with Gasteiger partial charge in [0.05, 0.1) is 5.92 Å². The zero-order chi connectivity index (χ0) is 16.0. The van der Waals surface area contributed by atoms with Gasteiger partial charge in [-0.05, 0) is 19.3 Å². The van der Waals surface area contributed by atoms with E-state index in [1.807, 2.05) is 0 Å². The monoisotopic (exact) mass is 310 g/mol. The average molecular weight is 311 g/mol. The minimum absolute atomic E-state index is 0.0708. The van der Waals surface area contributed by atoms with E-state index in [1.165, 1.54) is 83.5 Å². The van der Waals surface area contributed by atoms with Crippen LogP contribution in [0.25, 0.3) is 0 Å². The fourth-order valence-corrected chi connectivity index (χ4v) is 3.41. The van der Waals surface area contributed by atoms with Crippen molar-refractivity contribution >= 4 is 5.97 Å². The molecule has 1 heterocycles. The molecule has 0 aliphatic carbocycles. The van der Waals surface area contributed by atoms with Gasteiger partial charge in [-0.1, -0.05) is 90.9 Å². The van der Waals surface area contributed by atoms with Crippen molar-refractivity contribution in [3.8, 4) is 0 Å². The molecular weight excluding hydrogens is 272 g/mol. The molecule has 1 rings (SSSR count). The first kappa shape index (κ1) is 19.5. The van der Waals surface area contributed by atoms with Gasteiger partial charge in [0, 0.05) is 0 Å². The fraction of sp³-hybridized carbons (Fsp3) is 0.950. The molecule has 0 saturated carbocycles. The third kappa shape index (κ3) is 8.19. The lowest BCUT2D eigenvalue weighted by atomic mass is 9.87. The molecule has 22 heavy (non-hydrogen) atoms. The lowest BCUT2D eigenvalue weighted by Crippen LogP contribution is -2.44. The van der Waals surface area contributed by atoms with Crippen LogP contribution in [0.4, 0.5) is 0 Å². The van der Waals surface area contributed by atoms with Gasteiger partial charge in [0.15, 0.2) is 0 Å². The highest BCUT2D eigenvalue weighted by Gasteiger charge is 2.40. The highest BCUT2D eigenvalue weighted by molar-refractivity contribution is 5.78. The summed E-state index contributed by atoms with van der Waals surface area (Å²) in [5.41, 5.74) is 0. The minimum atomic E-state index is 0.0708. The maximum absolute atomic E-state index is 11.6. The summed E-state index contributed by atoms with van der Waals surface area (Å²) >= 11 is 0. The van der Waals surface area contributed by atoms with E-state index in [4.69, 9.17) is 4.74 Å². The summed E-state index contributed by atoms with van der Waals surface area (Å²) in [5.74, 6) is 0.299. The molecule has 0 aromatic heterocycles. The number of carbonyl (C=O) groups excluding carboxylic acids is 1. The van der Waals surface area contributed by atoms with Crippen LogP contribution in [0.3, 0.4) is 0 Å². The largest absolute Gasteiger partial charge is 0.461 e. The molecule has 1 aliphatic heterocycles. The zero-order valence-corrected chi connectivity index (χ0v) is 15.1. The summed E-state index contributed by atoms with van der Waals surface area (Å²) < 4.78 is 5.35. The number of carbonyl (C=O) groups is 1. The number of hydrogen-bond acceptors (Lipinski definition) is 2. The summed E-state index contributed by atoms with van der Waals surface area (Å²) in [6.45, 7) is 4.51. The Labute approximate surface area is 138 Å². The molecule has 0 bridgehead atoms. The maximum Gasteiger partial charge on any atom is 0.313 e. The van der Waals surface area contributed by atoms with Gasteiger partial charge < -0.3 is 4.74 Å². The van der Waals surface area contributed by atoms with E-state index in [-0.39, 0.29) is 18.0 Å². The van der Waals surface area contributed by atoms with Crippen molar-refractivity contribution in [1.82, 2.24) is 0 Å². The molecule has 0 unspecified atom stereocenters. The topological polar surface area (TPSA) is 26.3 Å². The van der Waals surface area contributed by atoms with Gasteiger partial charge in [-0.25, -0.2) is 0 Å². The minimum Gasteiger partial charge on any atom is -0.461 e. The van der Waals surface area contributed by atoms with Gasteiger partial charge >= 0.3 is 5.97 Å². The van der Waals surface area contributed by atoms with Gasteiger partial charge in [0.25, 0.3) is 0 Å². The third-order valence-corrected chi connectivity index (χ3v) is 4.98. The average Bonchev–Trinajstić information content (AvgIpc) is 2.52. The highest BCUT2D eigenvalue weighted by atomic mass is 16.6. The second-order valence-electron chi connectivity index (χ2n) is 7.05. The lowest BCUT2D eigenvalue weighted by molar-refractivity contribution is -0.186. The van der Waals surface area contributed by atoms with Gasteiger partial charge in [0.1, 0.15) is 6.10 Å².